The van der Waals surface area contributed by atoms with Crippen LogP contribution in [0.1, 0.15) is 18.5 Å². The summed E-state index contributed by atoms with van der Waals surface area (Å²) in [5, 5.41) is 13.8. The Morgan fingerprint density at radius 2 is 1.78 bits per heavy atom. The molecule has 0 aliphatic carbocycles. The van der Waals surface area contributed by atoms with Crippen LogP contribution in [0.25, 0.3) is 0 Å². The van der Waals surface area contributed by atoms with Crippen LogP contribution in [0.5, 0.6) is 17.2 Å². The number of amides is 2. The molecule has 2 amide bonds. The minimum atomic E-state index is -5.01. The minimum Gasteiger partial charge on any atom is -0.502 e. The molecule has 0 saturated carbocycles. The molecule has 148 valence electrons. The van der Waals surface area contributed by atoms with Gasteiger partial charge in [0.05, 0.1) is 32.4 Å². The number of hydrogen-bond acceptors (Lipinski definition) is 6. The molecule has 1 aliphatic rings. The summed E-state index contributed by atoms with van der Waals surface area (Å²) in [5.74, 6) is -1.88. The fourth-order valence-corrected chi connectivity index (χ4v) is 2.55. The van der Waals surface area contributed by atoms with E-state index < -0.39 is 35.5 Å². The first-order chi connectivity index (χ1) is 12.6. The van der Waals surface area contributed by atoms with E-state index in [-0.39, 0.29) is 29.4 Å². The van der Waals surface area contributed by atoms with Gasteiger partial charge < -0.3 is 30.0 Å². The molecule has 2 rings (SSSR count). The third-order valence-corrected chi connectivity index (χ3v) is 3.69. The number of nitrogens with one attached hydrogen (secondary N) is 2. The predicted molar refractivity (Wildman–Crippen MR) is 85.3 cm³/mol. The molecule has 1 aromatic rings. The van der Waals surface area contributed by atoms with Crippen LogP contribution in [0.2, 0.25) is 0 Å². The SMILES string of the molecule is CCOC(=O)C1=C(C(F)(F)F)NC(=O)NC1c1cc(OC)c(O)c(OC)c1. The third-order valence-electron chi connectivity index (χ3n) is 3.69. The van der Waals surface area contributed by atoms with Crippen LogP contribution in [0, 0.1) is 0 Å². The van der Waals surface area contributed by atoms with Gasteiger partial charge in [-0.2, -0.15) is 13.2 Å². The average Bonchev–Trinajstić information content (AvgIpc) is 2.60. The maximum Gasteiger partial charge on any atom is 0.432 e. The highest BCUT2D eigenvalue weighted by molar-refractivity contribution is 5.95. The number of hydrogen-bond donors (Lipinski definition) is 3. The van der Waals surface area contributed by atoms with Crippen LogP contribution < -0.4 is 20.1 Å². The first-order valence-corrected chi connectivity index (χ1v) is 7.64. The standard InChI is InChI=1S/C16H17F3N2O6/c1-4-27-14(23)10-11(20-15(24)21-13(10)16(17,18)19)7-5-8(25-2)12(22)9(6-7)26-3/h5-6,11,22H,4H2,1-3H3,(H2,20,21,24). The molecule has 1 aromatic carbocycles. The molecule has 0 spiro atoms. The molecule has 0 aromatic heterocycles. The number of methoxy groups -OCH3 is 2. The number of halogens is 3. The van der Waals surface area contributed by atoms with Crippen molar-refractivity contribution in [2.24, 2.45) is 0 Å². The number of allylic oxidation sites excluding steroid dienone is 1. The topological polar surface area (TPSA) is 106 Å². The molecule has 0 saturated heterocycles. The maximum absolute atomic E-state index is 13.4. The van der Waals surface area contributed by atoms with Crippen LogP contribution in [-0.4, -0.2) is 44.1 Å². The summed E-state index contributed by atoms with van der Waals surface area (Å²) in [6.07, 6.45) is -5.01. The van der Waals surface area contributed by atoms with Gasteiger partial charge in [-0.05, 0) is 24.6 Å². The van der Waals surface area contributed by atoms with Crippen LogP contribution in [-0.2, 0) is 9.53 Å². The Kier molecular flexibility index (Phi) is 5.72. The lowest BCUT2D eigenvalue weighted by Gasteiger charge is -2.30. The van der Waals surface area contributed by atoms with E-state index in [2.05, 4.69) is 5.32 Å². The Bertz CT molecular complexity index is 766. The molecule has 1 atom stereocenters. The van der Waals surface area contributed by atoms with Gasteiger partial charge >= 0.3 is 18.2 Å². The van der Waals surface area contributed by atoms with E-state index in [1.807, 2.05) is 0 Å². The lowest BCUT2D eigenvalue weighted by Crippen LogP contribution is -2.49. The third kappa shape index (κ3) is 4.01. The fraction of sp³-hybridized carbons (Fsp3) is 0.375. The van der Waals surface area contributed by atoms with Crippen molar-refractivity contribution in [3.05, 3.63) is 29.0 Å². The van der Waals surface area contributed by atoms with Gasteiger partial charge in [0.2, 0.25) is 5.75 Å². The second-order valence-electron chi connectivity index (χ2n) is 5.31. The van der Waals surface area contributed by atoms with E-state index in [9.17, 15) is 27.9 Å². The van der Waals surface area contributed by atoms with Gasteiger partial charge in [-0.15, -0.1) is 0 Å². The van der Waals surface area contributed by atoms with E-state index in [1.54, 1.807) is 5.32 Å². The number of carbonyl (C=O) groups is 2. The minimum absolute atomic E-state index is 0.0150. The van der Waals surface area contributed by atoms with Crippen LogP contribution in [0.15, 0.2) is 23.4 Å². The first-order valence-electron chi connectivity index (χ1n) is 7.64. The summed E-state index contributed by atoms with van der Waals surface area (Å²) < 4.78 is 54.9. The lowest BCUT2D eigenvalue weighted by atomic mass is 9.94. The van der Waals surface area contributed by atoms with Gasteiger partial charge in [-0.25, -0.2) is 9.59 Å². The molecule has 1 aliphatic heterocycles. The first kappa shape index (κ1) is 20.2. The average molecular weight is 390 g/mol. The number of aromatic hydroxyl groups is 1. The second kappa shape index (κ2) is 7.64. The lowest BCUT2D eigenvalue weighted by molar-refractivity contribution is -0.140. The second-order valence-corrected chi connectivity index (χ2v) is 5.31. The van der Waals surface area contributed by atoms with Crippen LogP contribution in [0.4, 0.5) is 18.0 Å². The van der Waals surface area contributed by atoms with Gasteiger partial charge in [0.15, 0.2) is 11.5 Å². The molecule has 3 N–H and O–H groups in total. The van der Waals surface area contributed by atoms with E-state index in [0.717, 1.165) is 0 Å². The van der Waals surface area contributed by atoms with Crippen molar-refractivity contribution < 1.29 is 42.1 Å². The van der Waals surface area contributed by atoms with Gasteiger partial charge in [-0.1, -0.05) is 0 Å². The highest BCUT2D eigenvalue weighted by Crippen LogP contribution is 2.42. The number of ether oxygens (including phenoxy) is 3. The number of rotatable bonds is 5. The smallest absolute Gasteiger partial charge is 0.432 e. The number of urea groups is 1. The van der Waals surface area contributed by atoms with E-state index in [0.29, 0.717) is 0 Å². The van der Waals surface area contributed by atoms with Crippen molar-refractivity contribution in [2.75, 3.05) is 20.8 Å². The van der Waals surface area contributed by atoms with Crippen LogP contribution >= 0.6 is 0 Å². The van der Waals surface area contributed by atoms with Gasteiger partial charge in [-0.3, -0.25) is 0 Å². The van der Waals surface area contributed by atoms with Gasteiger partial charge in [0.1, 0.15) is 5.70 Å². The molecule has 0 radical (unpaired) electrons. The monoisotopic (exact) mass is 390 g/mol. The number of phenols is 1. The highest BCUT2D eigenvalue weighted by atomic mass is 19.4. The predicted octanol–water partition coefficient (Wildman–Crippen LogP) is 2.14. The summed E-state index contributed by atoms with van der Waals surface area (Å²) >= 11 is 0. The van der Waals surface area contributed by atoms with E-state index in [4.69, 9.17) is 14.2 Å². The van der Waals surface area contributed by atoms with Crippen molar-refractivity contribution in [2.45, 2.75) is 19.1 Å². The molecule has 8 nitrogen and oxygen atoms in total. The van der Waals surface area contributed by atoms with Crippen molar-refractivity contribution in [3.8, 4) is 17.2 Å². The summed E-state index contributed by atoms with van der Waals surface area (Å²) in [7, 11) is 2.45. The highest BCUT2D eigenvalue weighted by Gasteiger charge is 2.46. The molecule has 1 heterocycles. The zero-order valence-electron chi connectivity index (χ0n) is 14.6. The Morgan fingerprint density at radius 1 is 1.22 bits per heavy atom. The van der Waals surface area contributed by atoms with Gasteiger partial charge in [0, 0.05) is 0 Å². The molecular formula is C16H17F3N2O6. The van der Waals surface area contributed by atoms with Gasteiger partial charge in [0.25, 0.3) is 0 Å². The number of phenolic OH excluding ortho intramolecular Hbond substituents is 1. The van der Waals surface area contributed by atoms with E-state index >= 15 is 0 Å². The number of benzene rings is 1. The maximum atomic E-state index is 13.4. The summed E-state index contributed by atoms with van der Waals surface area (Å²) in [6, 6.07) is -0.313. The molecule has 0 bridgehead atoms. The number of alkyl halides is 3. The number of esters is 1. The Morgan fingerprint density at radius 3 is 2.22 bits per heavy atom. The largest absolute Gasteiger partial charge is 0.502 e. The summed E-state index contributed by atoms with van der Waals surface area (Å²) in [6.45, 7) is 1.26. The fourth-order valence-electron chi connectivity index (χ4n) is 2.55. The Balaban J connectivity index is 2.72. The Hall–Kier alpha value is -3.11. The van der Waals surface area contributed by atoms with Crippen molar-refractivity contribution in [1.29, 1.82) is 0 Å². The molecule has 11 heteroatoms. The normalized spacial score (nSPS) is 17.1. The summed E-state index contributed by atoms with van der Waals surface area (Å²) in [4.78, 5) is 24.0. The summed E-state index contributed by atoms with van der Waals surface area (Å²) in [5.41, 5.74) is -2.35. The van der Waals surface area contributed by atoms with Crippen molar-refractivity contribution >= 4 is 12.0 Å². The molecule has 0 fully saturated rings. The van der Waals surface area contributed by atoms with Crippen molar-refractivity contribution in [1.82, 2.24) is 10.6 Å². The zero-order chi connectivity index (χ0) is 20.4. The van der Waals surface area contributed by atoms with Crippen LogP contribution in [0.3, 0.4) is 0 Å². The quantitative estimate of drug-likeness (QED) is 0.666. The zero-order valence-corrected chi connectivity index (χ0v) is 14.6. The Labute approximate surface area is 151 Å². The van der Waals surface area contributed by atoms with Crippen molar-refractivity contribution in [3.63, 3.8) is 0 Å². The molecule has 27 heavy (non-hydrogen) atoms. The van der Waals surface area contributed by atoms with E-state index in [1.165, 1.54) is 33.3 Å². The molecule has 1 unspecified atom stereocenters. The number of carbonyl (C=O) groups excluding carboxylic acids is 2. The molecular weight excluding hydrogens is 373 g/mol.